The zero-order valence-corrected chi connectivity index (χ0v) is 8.48. The maximum Gasteiger partial charge on any atom is 0.240 e. The molecule has 0 aliphatic rings. The minimum Gasteiger partial charge on any atom is -0.241 e. The Morgan fingerprint density at radius 2 is 2.21 bits per heavy atom. The number of aromatic nitrogens is 2. The van der Waals surface area contributed by atoms with E-state index in [0.29, 0.717) is 0 Å². The third-order valence-corrected chi connectivity index (χ3v) is 2.69. The van der Waals surface area contributed by atoms with Gasteiger partial charge in [-0.15, -0.1) is 0 Å². The van der Waals surface area contributed by atoms with Crippen molar-refractivity contribution in [3.63, 3.8) is 0 Å². The molecule has 1 aromatic heterocycles. The third-order valence-electron chi connectivity index (χ3n) is 1.54. The zero-order valence-electron chi connectivity index (χ0n) is 7.67. The molecule has 0 amide bonds. The molecule has 7 heteroatoms. The van der Waals surface area contributed by atoms with E-state index < -0.39 is 10.0 Å². The van der Waals surface area contributed by atoms with Crippen molar-refractivity contribution in [3.05, 3.63) is 18.0 Å². The first-order valence-electron chi connectivity index (χ1n) is 3.62. The molecule has 0 aliphatic heterocycles. The molecule has 6 nitrogen and oxygen atoms in total. The molecule has 0 spiro atoms. The molecular weight excluding hydrogens is 204 g/mol. The highest BCUT2D eigenvalue weighted by atomic mass is 32.2. The van der Waals surface area contributed by atoms with E-state index in [-0.39, 0.29) is 11.6 Å². The van der Waals surface area contributed by atoms with Gasteiger partial charge in [0.25, 0.3) is 0 Å². The lowest BCUT2D eigenvalue weighted by Crippen LogP contribution is -2.26. The van der Waals surface area contributed by atoms with Crippen molar-refractivity contribution < 1.29 is 8.42 Å². The molecule has 14 heavy (non-hydrogen) atoms. The highest BCUT2D eigenvalue weighted by Crippen LogP contribution is 2.07. The summed E-state index contributed by atoms with van der Waals surface area (Å²) in [5.41, 5.74) is 0.130. The van der Waals surface area contributed by atoms with Crippen molar-refractivity contribution in [2.75, 3.05) is 17.6 Å². The second kappa shape index (κ2) is 3.59. The Morgan fingerprint density at radius 1 is 1.57 bits per heavy atom. The van der Waals surface area contributed by atoms with Gasteiger partial charge in [-0.2, -0.15) is 5.26 Å². The Morgan fingerprint density at radius 3 is 2.71 bits per heavy atom. The van der Waals surface area contributed by atoms with Gasteiger partial charge in [-0.05, 0) is 6.07 Å². The normalized spacial score (nSPS) is 10.6. The average molecular weight is 212 g/mol. The number of hydrogen-bond acceptors (Lipinski definition) is 5. The molecule has 0 aliphatic carbocycles. The highest BCUT2D eigenvalue weighted by molar-refractivity contribution is 7.92. The minimum atomic E-state index is -3.38. The van der Waals surface area contributed by atoms with E-state index in [1.165, 1.54) is 19.3 Å². The van der Waals surface area contributed by atoms with Crippen LogP contribution in [-0.2, 0) is 10.0 Å². The van der Waals surface area contributed by atoms with Crippen LogP contribution in [0, 0.1) is 11.3 Å². The summed E-state index contributed by atoms with van der Waals surface area (Å²) < 4.78 is 23.1. The van der Waals surface area contributed by atoms with E-state index in [9.17, 15) is 8.42 Å². The van der Waals surface area contributed by atoms with E-state index in [0.717, 1.165) is 10.6 Å². The molecule has 0 radical (unpaired) electrons. The molecular formula is C7H8N4O2S. The standard InChI is InChI=1S/C7H8N4O2S/c1-11(14(2,12)13)7-9-4-3-6(5-8)10-7/h3-4H,1-2H3. The van der Waals surface area contributed by atoms with Gasteiger partial charge >= 0.3 is 0 Å². The van der Waals surface area contributed by atoms with E-state index in [2.05, 4.69) is 9.97 Å². The molecule has 1 rings (SSSR count). The van der Waals surface area contributed by atoms with Crippen molar-refractivity contribution in [3.8, 4) is 6.07 Å². The maximum absolute atomic E-state index is 11.1. The summed E-state index contributed by atoms with van der Waals surface area (Å²) in [6, 6.07) is 3.20. The summed E-state index contributed by atoms with van der Waals surface area (Å²) in [6.45, 7) is 0. The fourth-order valence-corrected chi connectivity index (χ4v) is 1.10. The summed E-state index contributed by atoms with van der Waals surface area (Å²) in [5, 5.41) is 8.54. The summed E-state index contributed by atoms with van der Waals surface area (Å²) in [7, 11) is -2.06. The first kappa shape index (κ1) is 10.4. The Kier molecular flexibility index (Phi) is 2.67. The van der Waals surface area contributed by atoms with Crippen LogP contribution in [0.25, 0.3) is 0 Å². The van der Waals surface area contributed by atoms with Gasteiger partial charge in [0.2, 0.25) is 16.0 Å². The summed E-state index contributed by atoms with van der Waals surface area (Å²) in [6.07, 6.45) is 2.37. The molecule has 0 aromatic carbocycles. The molecule has 0 saturated carbocycles. The van der Waals surface area contributed by atoms with Crippen molar-refractivity contribution in [2.45, 2.75) is 0 Å². The van der Waals surface area contributed by atoms with Crippen LogP contribution < -0.4 is 4.31 Å². The van der Waals surface area contributed by atoms with E-state index >= 15 is 0 Å². The summed E-state index contributed by atoms with van der Waals surface area (Å²) in [4.78, 5) is 7.47. The highest BCUT2D eigenvalue weighted by Gasteiger charge is 2.14. The van der Waals surface area contributed by atoms with Crippen LogP contribution in [-0.4, -0.2) is 31.7 Å². The lowest BCUT2D eigenvalue weighted by Gasteiger charge is -2.13. The van der Waals surface area contributed by atoms with Gasteiger partial charge in [-0.25, -0.2) is 22.7 Å². The van der Waals surface area contributed by atoms with Crippen LogP contribution in [0.1, 0.15) is 5.69 Å². The topological polar surface area (TPSA) is 86.9 Å². The molecule has 0 fully saturated rings. The second-order valence-electron chi connectivity index (χ2n) is 2.58. The van der Waals surface area contributed by atoms with Crippen LogP contribution >= 0.6 is 0 Å². The molecule has 0 bridgehead atoms. The van der Waals surface area contributed by atoms with Crippen molar-refractivity contribution >= 4 is 16.0 Å². The van der Waals surface area contributed by atoms with Gasteiger partial charge in [0.1, 0.15) is 11.8 Å². The molecule has 0 saturated heterocycles. The minimum absolute atomic E-state index is 0.00782. The smallest absolute Gasteiger partial charge is 0.240 e. The maximum atomic E-state index is 11.1. The number of nitrogens with zero attached hydrogens (tertiary/aromatic N) is 4. The van der Waals surface area contributed by atoms with Gasteiger partial charge in [-0.1, -0.05) is 0 Å². The predicted molar refractivity (Wildman–Crippen MR) is 50.0 cm³/mol. The van der Waals surface area contributed by atoms with Gasteiger partial charge in [0.05, 0.1) is 6.26 Å². The second-order valence-corrected chi connectivity index (χ2v) is 4.60. The van der Waals surface area contributed by atoms with Crippen LogP contribution in [0.15, 0.2) is 12.3 Å². The van der Waals surface area contributed by atoms with Crippen LogP contribution in [0.3, 0.4) is 0 Å². The van der Waals surface area contributed by atoms with Gasteiger partial charge in [0, 0.05) is 13.2 Å². The van der Waals surface area contributed by atoms with E-state index in [4.69, 9.17) is 5.26 Å². The summed E-state index contributed by atoms with van der Waals surface area (Å²) >= 11 is 0. The van der Waals surface area contributed by atoms with Crippen molar-refractivity contribution in [1.29, 1.82) is 5.26 Å². The number of anilines is 1. The third kappa shape index (κ3) is 2.17. The Bertz CT molecular complexity index is 477. The Balaban J connectivity index is 3.16. The molecule has 74 valence electrons. The zero-order chi connectivity index (χ0) is 10.8. The fraction of sp³-hybridized carbons (Fsp3) is 0.286. The lowest BCUT2D eigenvalue weighted by molar-refractivity contribution is 0.599. The molecule has 0 unspecified atom stereocenters. The van der Waals surface area contributed by atoms with Crippen LogP contribution in [0.5, 0.6) is 0 Å². The number of nitriles is 1. The fourth-order valence-electron chi connectivity index (χ4n) is 0.711. The molecule has 0 atom stereocenters. The summed E-state index contributed by atoms with van der Waals surface area (Å²) in [5.74, 6) is -0.00782. The predicted octanol–water partition coefficient (Wildman–Crippen LogP) is -0.256. The van der Waals surface area contributed by atoms with E-state index in [1.54, 1.807) is 6.07 Å². The van der Waals surface area contributed by atoms with Gasteiger partial charge in [0.15, 0.2) is 0 Å². The molecule has 1 aromatic rings. The first-order valence-corrected chi connectivity index (χ1v) is 5.47. The number of sulfonamides is 1. The van der Waals surface area contributed by atoms with E-state index in [1.807, 2.05) is 0 Å². The monoisotopic (exact) mass is 212 g/mol. The Labute approximate surface area is 81.9 Å². The number of hydrogen-bond donors (Lipinski definition) is 0. The average Bonchev–Trinajstić information content (AvgIpc) is 2.15. The van der Waals surface area contributed by atoms with Crippen molar-refractivity contribution in [1.82, 2.24) is 9.97 Å². The van der Waals surface area contributed by atoms with Crippen molar-refractivity contribution in [2.24, 2.45) is 0 Å². The first-order chi connectivity index (χ1) is 6.45. The molecule has 1 heterocycles. The largest absolute Gasteiger partial charge is 0.241 e. The molecule has 0 N–H and O–H groups in total. The Hall–Kier alpha value is -1.68. The van der Waals surface area contributed by atoms with Gasteiger partial charge < -0.3 is 0 Å². The van der Waals surface area contributed by atoms with Crippen LogP contribution in [0.2, 0.25) is 0 Å². The quantitative estimate of drug-likeness (QED) is 0.674. The van der Waals surface area contributed by atoms with Crippen LogP contribution in [0.4, 0.5) is 5.95 Å². The number of rotatable bonds is 2. The lowest BCUT2D eigenvalue weighted by atomic mass is 10.4. The SMILES string of the molecule is CN(c1nccc(C#N)n1)S(C)(=O)=O. The van der Waals surface area contributed by atoms with Gasteiger partial charge in [-0.3, -0.25) is 0 Å².